The third kappa shape index (κ3) is 4.90. The van der Waals surface area contributed by atoms with Crippen molar-refractivity contribution in [1.82, 2.24) is 0 Å². The third-order valence-electron chi connectivity index (χ3n) is 10.1. The lowest BCUT2D eigenvalue weighted by atomic mass is 9.83. The number of aliphatic imine (C=N–C) groups is 2. The maximum absolute atomic E-state index is 14.0. The lowest BCUT2D eigenvalue weighted by molar-refractivity contribution is 0.0157. The minimum atomic E-state index is -2.64. The van der Waals surface area contributed by atoms with Crippen LogP contribution >= 0.6 is 0 Å². The molecule has 208 valence electrons. The molecule has 0 spiro atoms. The van der Waals surface area contributed by atoms with E-state index >= 15 is 0 Å². The molecule has 0 aromatic heterocycles. The van der Waals surface area contributed by atoms with Crippen LogP contribution in [0.25, 0.3) is 0 Å². The Morgan fingerprint density at radius 2 is 1.87 bits per heavy atom. The fourth-order valence-corrected chi connectivity index (χ4v) is 7.25. The first-order chi connectivity index (χ1) is 18.0. The number of hydrogen-bond donors (Lipinski definition) is 0. The van der Waals surface area contributed by atoms with E-state index in [0.717, 1.165) is 75.4 Å². The molecule has 0 unspecified atom stereocenters. The molecule has 7 heteroatoms. The smallest absolute Gasteiger partial charge is 0.247 e. The summed E-state index contributed by atoms with van der Waals surface area (Å²) in [5, 5.41) is 0. The topological polar surface area (TPSA) is 31.2 Å². The predicted molar refractivity (Wildman–Crippen MR) is 151 cm³/mol. The number of rotatable bonds is 9. The van der Waals surface area contributed by atoms with Gasteiger partial charge in [-0.3, -0.25) is 4.99 Å². The summed E-state index contributed by atoms with van der Waals surface area (Å²) >= 11 is 0. The average Bonchev–Trinajstić information content (AvgIpc) is 3.41. The first kappa shape index (κ1) is 27.3. The molecule has 0 radical (unpaired) electrons. The van der Waals surface area contributed by atoms with E-state index in [9.17, 15) is 13.2 Å². The lowest BCUT2D eigenvalue weighted by Crippen LogP contribution is -2.37. The molecule has 1 aliphatic heterocycles. The molecule has 2 bridgehead atoms. The van der Waals surface area contributed by atoms with Crippen LogP contribution in [0.5, 0.6) is 0 Å². The van der Waals surface area contributed by atoms with Gasteiger partial charge in [0, 0.05) is 54.8 Å². The molecular weight excluding hydrogens is 485 g/mol. The first-order valence-electron chi connectivity index (χ1n) is 14.4. The Bertz CT molecular complexity index is 1100. The third-order valence-corrected chi connectivity index (χ3v) is 10.1. The Labute approximate surface area is 226 Å². The van der Waals surface area contributed by atoms with E-state index in [1.165, 1.54) is 31.4 Å². The van der Waals surface area contributed by atoms with Crippen LogP contribution in [-0.4, -0.2) is 44.7 Å². The van der Waals surface area contributed by atoms with Crippen LogP contribution in [0.15, 0.2) is 40.5 Å². The number of amidine groups is 1. The van der Waals surface area contributed by atoms with Gasteiger partial charge in [0.1, 0.15) is 11.7 Å². The molecule has 4 saturated carbocycles. The summed E-state index contributed by atoms with van der Waals surface area (Å²) in [6.07, 6.45) is 9.33. The minimum Gasteiger partial charge on any atom is -0.369 e. The minimum absolute atomic E-state index is 0.0788. The van der Waals surface area contributed by atoms with Gasteiger partial charge in [-0.15, -0.1) is 0 Å². The van der Waals surface area contributed by atoms with E-state index in [2.05, 4.69) is 46.9 Å². The highest BCUT2D eigenvalue weighted by atomic mass is 19.3. The summed E-state index contributed by atoms with van der Waals surface area (Å²) in [6, 6.07) is 5.50. The van der Waals surface area contributed by atoms with Crippen molar-refractivity contribution < 1.29 is 13.2 Å². The Morgan fingerprint density at radius 3 is 2.32 bits per heavy atom. The number of halogens is 3. The Kier molecular flexibility index (Phi) is 6.96. The van der Waals surface area contributed by atoms with Gasteiger partial charge in [-0.25, -0.2) is 18.2 Å². The van der Waals surface area contributed by atoms with E-state index in [0.29, 0.717) is 10.8 Å². The summed E-state index contributed by atoms with van der Waals surface area (Å²) in [4.78, 5) is 12.7. The maximum Gasteiger partial charge on any atom is 0.247 e. The molecule has 0 amide bonds. The van der Waals surface area contributed by atoms with Gasteiger partial charge in [0.15, 0.2) is 0 Å². The Balaban J connectivity index is 0.000000159. The molecule has 1 aromatic rings. The van der Waals surface area contributed by atoms with Crippen molar-refractivity contribution in [3.8, 4) is 0 Å². The fraction of sp³-hybridized carbons (Fsp3) is 0.677. The number of fused-ring (bicyclic) bond motifs is 3. The van der Waals surface area contributed by atoms with Crippen molar-refractivity contribution in [2.24, 2.45) is 32.1 Å². The number of benzene rings is 1. The molecule has 1 aromatic carbocycles. The van der Waals surface area contributed by atoms with Crippen LogP contribution in [0.2, 0.25) is 0 Å². The van der Waals surface area contributed by atoms with Crippen molar-refractivity contribution in [2.75, 3.05) is 36.0 Å². The van der Waals surface area contributed by atoms with Gasteiger partial charge >= 0.3 is 0 Å². The van der Waals surface area contributed by atoms with E-state index in [4.69, 9.17) is 0 Å². The van der Waals surface area contributed by atoms with Gasteiger partial charge in [0.05, 0.1) is 5.69 Å². The van der Waals surface area contributed by atoms with Crippen LogP contribution in [-0.2, 0) is 0 Å². The molecular formula is C31H43F3N4. The summed E-state index contributed by atoms with van der Waals surface area (Å²) in [7, 11) is 0. The second-order valence-corrected chi connectivity index (χ2v) is 12.8. The van der Waals surface area contributed by atoms with Crippen molar-refractivity contribution in [3.63, 3.8) is 0 Å². The second kappa shape index (κ2) is 9.71. The zero-order valence-corrected chi connectivity index (χ0v) is 23.3. The van der Waals surface area contributed by atoms with E-state index in [1.54, 1.807) is 6.07 Å². The van der Waals surface area contributed by atoms with Crippen LogP contribution in [0.1, 0.15) is 78.6 Å². The van der Waals surface area contributed by atoms with Crippen molar-refractivity contribution in [2.45, 2.75) is 84.5 Å². The monoisotopic (exact) mass is 528 g/mol. The molecule has 4 nitrogen and oxygen atoms in total. The lowest BCUT2D eigenvalue weighted by Gasteiger charge is -2.35. The van der Waals surface area contributed by atoms with Gasteiger partial charge in [0.25, 0.3) is 0 Å². The second-order valence-electron chi connectivity index (χ2n) is 12.8. The molecule has 1 saturated heterocycles. The number of alkyl halides is 2. The molecule has 38 heavy (non-hydrogen) atoms. The number of anilines is 2. The van der Waals surface area contributed by atoms with Gasteiger partial charge < -0.3 is 9.80 Å². The SMILES string of the molecule is C=C(N(CC)c1ccc(F)c(N2CCC2)c1)C12CC1(C)C2.C=NC(=NCCC(C)(F)F)C12CCC(CC1)C2. The molecule has 5 aliphatic rings. The number of allylic oxidation sites excluding steroid dienone is 1. The number of nitrogens with zero attached hydrogens (tertiary/aromatic N) is 4. The molecule has 0 N–H and O–H groups in total. The van der Waals surface area contributed by atoms with Crippen LogP contribution < -0.4 is 9.80 Å². The van der Waals surface area contributed by atoms with E-state index < -0.39 is 5.92 Å². The molecule has 5 fully saturated rings. The molecule has 4 aliphatic carbocycles. The highest BCUT2D eigenvalue weighted by molar-refractivity contribution is 5.92. The summed E-state index contributed by atoms with van der Waals surface area (Å²) in [5.41, 5.74) is 4.01. The highest BCUT2D eigenvalue weighted by Crippen LogP contribution is 2.88. The Hall–Kier alpha value is -2.31. The maximum atomic E-state index is 14.0. The van der Waals surface area contributed by atoms with Gasteiger partial charge in [-0.1, -0.05) is 13.5 Å². The van der Waals surface area contributed by atoms with Gasteiger partial charge in [0.2, 0.25) is 5.92 Å². The molecule has 6 rings (SSSR count). The summed E-state index contributed by atoms with van der Waals surface area (Å²) in [5.74, 6) is -1.21. The van der Waals surface area contributed by atoms with E-state index in [-0.39, 0.29) is 24.2 Å². The zero-order chi connectivity index (χ0) is 27.3. The van der Waals surface area contributed by atoms with Crippen molar-refractivity contribution in [1.29, 1.82) is 0 Å². The highest BCUT2D eigenvalue weighted by Gasteiger charge is 2.81. The van der Waals surface area contributed by atoms with Gasteiger partial charge in [-0.05, 0) is 101 Å². The summed E-state index contributed by atoms with van der Waals surface area (Å²) in [6.45, 7) is 16.4. The zero-order valence-electron chi connectivity index (χ0n) is 23.3. The molecule has 0 atom stereocenters. The summed E-state index contributed by atoms with van der Waals surface area (Å²) < 4.78 is 39.5. The van der Waals surface area contributed by atoms with Crippen molar-refractivity contribution >= 4 is 23.9 Å². The van der Waals surface area contributed by atoms with Crippen LogP contribution in [0, 0.1) is 28.0 Å². The quantitative estimate of drug-likeness (QED) is 0.241. The Morgan fingerprint density at radius 1 is 1.21 bits per heavy atom. The average molecular weight is 529 g/mol. The predicted octanol–water partition coefficient (Wildman–Crippen LogP) is 7.89. The van der Waals surface area contributed by atoms with Crippen molar-refractivity contribution in [3.05, 3.63) is 36.3 Å². The normalized spacial score (nSPS) is 32.6. The van der Waals surface area contributed by atoms with Crippen LogP contribution in [0.3, 0.4) is 0 Å². The fourth-order valence-electron chi connectivity index (χ4n) is 7.25. The standard InChI is InChI=1S/C18H23FN2.C13H20F2N2/c1-4-21(13(2)18-11-17(18,3)12-18)14-6-7-15(19)16(10-14)20-8-5-9-20;1-12(14,15)7-8-17-11(16-2)13-5-3-10(9-13)4-6-13/h6-7,10H,2,4-5,8-9,11-12H2,1,3H3;10H,2-9H2,1H3. The van der Waals surface area contributed by atoms with Gasteiger partial charge in [-0.2, -0.15) is 0 Å². The van der Waals surface area contributed by atoms with E-state index in [1.807, 2.05) is 12.1 Å². The number of hydrogen-bond acceptors (Lipinski definition) is 3. The largest absolute Gasteiger partial charge is 0.369 e. The van der Waals surface area contributed by atoms with Crippen LogP contribution in [0.4, 0.5) is 24.5 Å². The first-order valence-corrected chi connectivity index (χ1v) is 14.4. The molecule has 1 heterocycles.